The van der Waals surface area contributed by atoms with Gasteiger partial charge in [-0.2, -0.15) is 0 Å². The van der Waals surface area contributed by atoms with Gasteiger partial charge in [0.05, 0.1) is 6.42 Å². The summed E-state index contributed by atoms with van der Waals surface area (Å²) in [4.78, 5) is 14.9. The van der Waals surface area contributed by atoms with Gasteiger partial charge in [0.15, 0.2) is 0 Å². The molecular weight excluding hydrogens is 297 g/mol. The fourth-order valence-corrected chi connectivity index (χ4v) is 2.51. The van der Waals surface area contributed by atoms with Crippen molar-refractivity contribution in [2.24, 2.45) is 0 Å². The molecule has 1 aromatic carbocycles. The Morgan fingerprint density at radius 1 is 1.15 bits per heavy atom. The molecule has 5 heteroatoms. The Kier molecular flexibility index (Phi) is 4.63. The SMILES string of the molecule is CC(CC(=O)O)c1cncc(-c2cc(Cl)cc(Cl)c2)c1. The van der Waals surface area contributed by atoms with Crippen LogP contribution in [0.15, 0.2) is 36.7 Å². The average Bonchev–Trinajstić information content (AvgIpc) is 2.37. The number of carbonyl (C=O) groups is 1. The first-order valence-electron chi connectivity index (χ1n) is 6.09. The van der Waals surface area contributed by atoms with Gasteiger partial charge in [0.1, 0.15) is 0 Å². The van der Waals surface area contributed by atoms with Crippen molar-refractivity contribution in [3.63, 3.8) is 0 Å². The van der Waals surface area contributed by atoms with E-state index in [0.717, 1.165) is 16.7 Å². The summed E-state index contributed by atoms with van der Waals surface area (Å²) >= 11 is 12.0. The molecule has 0 spiro atoms. The van der Waals surface area contributed by atoms with Crippen LogP contribution in [0.1, 0.15) is 24.8 Å². The number of carboxylic acids is 1. The summed E-state index contributed by atoms with van der Waals surface area (Å²) < 4.78 is 0. The van der Waals surface area contributed by atoms with Crippen LogP contribution in [-0.2, 0) is 4.79 Å². The van der Waals surface area contributed by atoms with E-state index in [2.05, 4.69) is 4.98 Å². The normalized spacial score (nSPS) is 12.2. The summed E-state index contributed by atoms with van der Waals surface area (Å²) in [5.41, 5.74) is 2.60. The quantitative estimate of drug-likeness (QED) is 0.895. The highest BCUT2D eigenvalue weighted by Crippen LogP contribution is 2.29. The second kappa shape index (κ2) is 6.25. The fraction of sp³-hybridized carbons (Fsp3) is 0.200. The van der Waals surface area contributed by atoms with Gasteiger partial charge in [-0.3, -0.25) is 9.78 Å². The molecule has 0 bridgehead atoms. The van der Waals surface area contributed by atoms with Crippen LogP contribution in [0.25, 0.3) is 11.1 Å². The van der Waals surface area contributed by atoms with Gasteiger partial charge in [-0.1, -0.05) is 30.1 Å². The second-order valence-corrected chi connectivity index (χ2v) is 5.54. The van der Waals surface area contributed by atoms with Crippen molar-refractivity contribution < 1.29 is 9.90 Å². The van der Waals surface area contributed by atoms with E-state index in [1.165, 1.54) is 0 Å². The smallest absolute Gasteiger partial charge is 0.303 e. The third-order valence-electron chi connectivity index (χ3n) is 3.01. The molecule has 1 N–H and O–H groups in total. The molecule has 2 rings (SSSR count). The molecular formula is C15H13Cl2NO2. The maximum atomic E-state index is 10.8. The highest BCUT2D eigenvalue weighted by Gasteiger charge is 2.12. The Hall–Kier alpha value is -1.58. The highest BCUT2D eigenvalue weighted by atomic mass is 35.5. The zero-order valence-corrected chi connectivity index (χ0v) is 12.3. The number of nitrogens with zero attached hydrogens (tertiary/aromatic N) is 1. The third kappa shape index (κ3) is 3.71. The monoisotopic (exact) mass is 309 g/mol. The first-order valence-corrected chi connectivity index (χ1v) is 6.84. The minimum atomic E-state index is -0.825. The molecule has 1 aromatic heterocycles. The molecule has 0 saturated heterocycles. The lowest BCUT2D eigenvalue weighted by Gasteiger charge is -2.11. The second-order valence-electron chi connectivity index (χ2n) is 4.66. The Bertz CT molecular complexity index is 623. The van der Waals surface area contributed by atoms with Gasteiger partial charge in [-0.05, 0) is 41.3 Å². The van der Waals surface area contributed by atoms with Gasteiger partial charge >= 0.3 is 5.97 Å². The standard InChI is InChI=1S/C15H13Cl2NO2/c1-9(2-15(19)20)11-3-12(8-18-7-11)10-4-13(16)6-14(17)5-10/h3-9H,2H2,1H3,(H,19,20). The zero-order valence-electron chi connectivity index (χ0n) is 10.8. The number of carboxylic acid groups (broad SMARTS) is 1. The number of pyridine rings is 1. The Morgan fingerprint density at radius 3 is 2.40 bits per heavy atom. The van der Waals surface area contributed by atoms with Crippen molar-refractivity contribution in [2.75, 3.05) is 0 Å². The van der Waals surface area contributed by atoms with E-state index in [0.29, 0.717) is 10.0 Å². The van der Waals surface area contributed by atoms with Crippen LogP contribution in [0.5, 0.6) is 0 Å². The molecule has 1 unspecified atom stereocenters. The fourth-order valence-electron chi connectivity index (χ4n) is 1.99. The summed E-state index contributed by atoms with van der Waals surface area (Å²) in [6, 6.07) is 7.19. The first-order chi connectivity index (χ1) is 9.45. The van der Waals surface area contributed by atoms with E-state index in [1.807, 2.05) is 13.0 Å². The van der Waals surface area contributed by atoms with Crippen LogP contribution in [0.3, 0.4) is 0 Å². The van der Waals surface area contributed by atoms with Crippen LogP contribution in [-0.4, -0.2) is 16.1 Å². The van der Waals surface area contributed by atoms with E-state index in [-0.39, 0.29) is 12.3 Å². The summed E-state index contributed by atoms with van der Waals surface area (Å²) in [6.07, 6.45) is 3.46. The highest BCUT2D eigenvalue weighted by molar-refractivity contribution is 6.35. The van der Waals surface area contributed by atoms with E-state index in [9.17, 15) is 4.79 Å². The molecule has 1 atom stereocenters. The molecule has 0 aliphatic heterocycles. The predicted octanol–water partition coefficient (Wildman–Crippen LogP) is 4.63. The summed E-state index contributed by atoms with van der Waals surface area (Å²) in [5.74, 6) is -0.927. The Labute approximate surface area is 127 Å². The topological polar surface area (TPSA) is 50.2 Å². The number of aromatic nitrogens is 1. The van der Waals surface area contributed by atoms with E-state index in [4.69, 9.17) is 28.3 Å². The van der Waals surface area contributed by atoms with Crippen LogP contribution < -0.4 is 0 Å². The van der Waals surface area contributed by atoms with Crippen LogP contribution in [0, 0.1) is 0 Å². The van der Waals surface area contributed by atoms with E-state index >= 15 is 0 Å². The minimum absolute atomic E-state index is 0.0709. The van der Waals surface area contributed by atoms with Gasteiger partial charge in [-0.15, -0.1) is 0 Å². The summed E-state index contributed by atoms with van der Waals surface area (Å²) in [6.45, 7) is 1.86. The molecule has 0 saturated carbocycles. The van der Waals surface area contributed by atoms with Crippen molar-refractivity contribution in [1.29, 1.82) is 0 Å². The molecule has 3 nitrogen and oxygen atoms in total. The molecule has 104 valence electrons. The molecule has 20 heavy (non-hydrogen) atoms. The van der Waals surface area contributed by atoms with Gasteiger partial charge in [-0.25, -0.2) is 0 Å². The molecule has 0 fully saturated rings. The van der Waals surface area contributed by atoms with Crippen LogP contribution >= 0.6 is 23.2 Å². The minimum Gasteiger partial charge on any atom is -0.481 e. The lowest BCUT2D eigenvalue weighted by molar-refractivity contribution is -0.137. The van der Waals surface area contributed by atoms with Crippen molar-refractivity contribution in [3.05, 3.63) is 52.3 Å². The van der Waals surface area contributed by atoms with Crippen LogP contribution in [0.4, 0.5) is 0 Å². The number of aliphatic carboxylic acids is 1. The average molecular weight is 310 g/mol. The Balaban J connectivity index is 2.36. The van der Waals surface area contributed by atoms with E-state index < -0.39 is 5.97 Å². The summed E-state index contributed by atoms with van der Waals surface area (Å²) in [7, 11) is 0. The maximum absolute atomic E-state index is 10.8. The number of benzene rings is 1. The predicted molar refractivity (Wildman–Crippen MR) is 80.4 cm³/mol. The Morgan fingerprint density at radius 2 is 1.80 bits per heavy atom. The van der Waals surface area contributed by atoms with Crippen LogP contribution in [0.2, 0.25) is 10.0 Å². The van der Waals surface area contributed by atoms with Crippen molar-refractivity contribution in [2.45, 2.75) is 19.3 Å². The lowest BCUT2D eigenvalue weighted by atomic mass is 9.96. The molecule has 0 amide bonds. The first kappa shape index (κ1) is 14.8. The van der Waals surface area contributed by atoms with Crippen molar-refractivity contribution in [3.8, 4) is 11.1 Å². The van der Waals surface area contributed by atoms with Crippen molar-refractivity contribution >= 4 is 29.2 Å². The number of halogens is 2. The van der Waals surface area contributed by atoms with Gasteiger partial charge in [0.2, 0.25) is 0 Å². The lowest BCUT2D eigenvalue weighted by Crippen LogP contribution is -2.03. The van der Waals surface area contributed by atoms with Gasteiger partial charge in [0.25, 0.3) is 0 Å². The zero-order chi connectivity index (χ0) is 14.7. The van der Waals surface area contributed by atoms with Gasteiger partial charge in [0, 0.05) is 28.0 Å². The number of rotatable bonds is 4. The molecule has 0 aliphatic carbocycles. The van der Waals surface area contributed by atoms with Gasteiger partial charge < -0.3 is 5.11 Å². The third-order valence-corrected chi connectivity index (χ3v) is 3.44. The van der Waals surface area contributed by atoms with E-state index in [1.54, 1.807) is 30.6 Å². The molecule has 0 radical (unpaired) electrons. The molecule has 0 aliphatic rings. The number of hydrogen-bond donors (Lipinski definition) is 1. The van der Waals surface area contributed by atoms with Crippen molar-refractivity contribution in [1.82, 2.24) is 4.98 Å². The largest absolute Gasteiger partial charge is 0.481 e. The summed E-state index contributed by atoms with van der Waals surface area (Å²) in [5, 5.41) is 9.95. The maximum Gasteiger partial charge on any atom is 0.303 e. The number of hydrogen-bond acceptors (Lipinski definition) is 2. The molecule has 1 heterocycles. The molecule has 2 aromatic rings.